The van der Waals surface area contributed by atoms with Crippen LogP contribution in [-0.4, -0.2) is 59.5 Å². The number of hydrogen-bond acceptors (Lipinski definition) is 4. The fourth-order valence-corrected chi connectivity index (χ4v) is 4.00. The van der Waals surface area contributed by atoms with Gasteiger partial charge in [0.1, 0.15) is 0 Å². The molecule has 1 saturated heterocycles. The van der Waals surface area contributed by atoms with Gasteiger partial charge in [-0.1, -0.05) is 36.8 Å². The number of nitrogens with zero attached hydrogens (tertiary/aromatic N) is 1. The van der Waals surface area contributed by atoms with Crippen LogP contribution < -0.4 is 15.4 Å². The average Bonchev–Trinajstić information content (AvgIpc) is 2.70. The largest absolute Gasteiger partial charge is 0.377 e. The Morgan fingerprint density at radius 3 is 2.59 bits per heavy atom. The molecule has 0 radical (unpaired) electrons. The quantitative estimate of drug-likeness (QED) is 0.255. The molecule has 29 heavy (non-hydrogen) atoms. The Morgan fingerprint density at radius 2 is 1.97 bits per heavy atom. The van der Waals surface area contributed by atoms with Gasteiger partial charge < -0.3 is 15.4 Å². The zero-order valence-electron chi connectivity index (χ0n) is 17.6. The average molecular weight is 538 g/mol. The first-order valence-corrected chi connectivity index (χ1v) is 11.6. The molecule has 7 nitrogen and oxygen atoms in total. The second-order valence-electron chi connectivity index (χ2n) is 7.35. The fraction of sp³-hybridized carbons (Fsp3) is 0.650. The number of aryl methyl sites for hydroxylation is 1. The molecule has 2 rings (SSSR count). The molecule has 1 aliphatic heterocycles. The van der Waals surface area contributed by atoms with Crippen molar-refractivity contribution >= 4 is 40.0 Å². The Bertz CT molecular complexity index is 720. The van der Waals surface area contributed by atoms with E-state index in [1.165, 1.54) is 11.1 Å². The molecule has 0 saturated carbocycles. The van der Waals surface area contributed by atoms with Gasteiger partial charge in [-0.2, -0.15) is 0 Å². The highest BCUT2D eigenvalue weighted by atomic mass is 127. The van der Waals surface area contributed by atoms with Crippen molar-refractivity contribution in [2.24, 2.45) is 4.99 Å². The Balaban J connectivity index is 0.00000420. The molecule has 0 aromatic heterocycles. The van der Waals surface area contributed by atoms with Gasteiger partial charge in [0.25, 0.3) is 0 Å². The maximum Gasteiger partial charge on any atom is 0.213 e. The van der Waals surface area contributed by atoms with Crippen LogP contribution in [0.3, 0.4) is 0 Å². The minimum Gasteiger partial charge on any atom is -0.377 e. The van der Waals surface area contributed by atoms with Crippen LogP contribution in [0.2, 0.25) is 0 Å². The van der Waals surface area contributed by atoms with E-state index in [9.17, 15) is 8.42 Å². The van der Waals surface area contributed by atoms with E-state index in [0.717, 1.165) is 25.9 Å². The number of sulfonamides is 1. The topological polar surface area (TPSA) is 91.8 Å². The van der Waals surface area contributed by atoms with Crippen LogP contribution in [0.1, 0.15) is 43.2 Å². The molecular formula is C20H35IN4O3S. The first-order valence-electron chi connectivity index (χ1n) is 9.99. The van der Waals surface area contributed by atoms with Crippen LogP contribution in [-0.2, 0) is 14.8 Å². The molecule has 1 aliphatic rings. The van der Waals surface area contributed by atoms with Crippen LogP contribution in [0.25, 0.3) is 0 Å². The molecule has 166 valence electrons. The molecule has 3 N–H and O–H groups in total. The minimum absolute atomic E-state index is 0. The number of rotatable bonds is 9. The molecule has 2 unspecified atom stereocenters. The number of nitrogens with one attached hydrogen (secondary N) is 3. The molecule has 1 aromatic rings. The Labute approximate surface area is 192 Å². The Hall–Kier alpha value is -0.910. The van der Waals surface area contributed by atoms with E-state index in [1.54, 1.807) is 7.05 Å². The van der Waals surface area contributed by atoms with Crippen molar-refractivity contribution in [2.45, 2.75) is 45.1 Å². The number of hydrogen-bond donors (Lipinski definition) is 3. The summed E-state index contributed by atoms with van der Waals surface area (Å²) in [7, 11) is -1.66. The highest BCUT2D eigenvalue weighted by Crippen LogP contribution is 2.14. The third-order valence-corrected chi connectivity index (χ3v) is 6.26. The van der Waals surface area contributed by atoms with Gasteiger partial charge in [0, 0.05) is 33.3 Å². The van der Waals surface area contributed by atoms with Crippen molar-refractivity contribution in [1.29, 1.82) is 0 Å². The molecule has 0 amide bonds. The lowest BCUT2D eigenvalue weighted by molar-refractivity contribution is 0.0200. The van der Waals surface area contributed by atoms with Gasteiger partial charge in [-0.3, -0.25) is 4.99 Å². The summed E-state index contributed by atoms with van der Waals surface area (Å²) in [5, 5.41) is 6.32. The second-order valence-corrected chi connectivity index (χ2v) is 9.27. The van der Waals surface area contributed by atoms with Crippen molar-refractivity contribution in [3.8, 4) is 0 Å². The summed E-state index contributed by atoms with van der Waals surface area (Å²) in [6, 6.07) is 8.47. The summed E-state index contributed by atoms with van der Waals surface area (Å²) < 4.78 is 32.5. The minimum atomic E-state index is -3.34. The van der Waals surface area contributed by atoms with Crippen LogP contribution in [0, 0.1) is 6.92 Å². The molecule has 0 bridgehead atoms. The third-order valence-electron chi connectivity index (χ3n) is 4.91. The zero-order valence-corrected chi connectivity index (χ0v) is 20.8. The molecular weight excluding hydrogens is 503 g/mol. The van der Waals surface area contributed by atoms with Crippen molar-refractivity contribution in [2.75, 3.05) is 39.0 Å². The Morgan fingerprint density at radius 1 is 1.24 bits per heavy atom. The SMILES string of the molecule is CN=C(NCCS(=O)(=O)NCC1CCCCO1)NCC(C)c1ccc(C)cc1.I. The number of guanidine groups is 1. The van der Waals surface area contributed by atoms with E-state index in [1.807, 2.05) is 0 Å². The van der Waals surface area contributed by atoms with Gasteiger partial charge in [0.05, 0.1) is 11.9 Å². The fourth-order valence-electron chi connectivity index (χ4n) is 3.05. The first kappa shape index (κ1) is 26.1. The normalized spacial score (nSPS) is 18.6. The Kier molecular flexibility index (Phi) is 12.1. The van der Waals surface area contributed by atoms with E-state index < -0.39 is 10.0 Å². The molecule has 2 atom stereocenters. The predicted molar refractivity (Wildman–Crippen MR) is 130 cm³/mol. The third kappa shape index (κ3) is 10.1. The van der Waals surface area contributed by atoms with Gasteiger partial charge in [0.2, 0.25) is 10.0 Å². The summed E-state index contributed by atoms with van der Waals surface area (Å²) in [6.07, 6.45) is 3.06. The van der Waals surface area contributed by atoms with Gasteiger partial charge in [0.15, 0.2) is 5.96 Å². The highest BCUT2D eigenvalue weighted by Gasteiger charge is 2.17. The number of aliphatic imine (C=N–C) groups is 1. The van der Waals surface area contributed by atoms with Crippen LogP contribution >= 0.6 is 24.0 Å². The van der Waals surface area contributed by atoms with E-state index in [4.69, 9.17) is 4.74 Å². The lowest BCUT2D eigenvalue weighted by atomic mass is 10.0. The maximum atomic E-state index is 12.2. The number of benzene rings is 1. The number of halogens is 1. The first-order chi connectivity index (χ1) is 13.4. The van der Waals surface area contributed by atoms with E-state index in [0.29, 0.717) is 31.5 Å². The molecule has 1 fully saturated rings. The van der Waals surface area contributed by atoms with Crippen molar-refractivity contribution in [3.63, 3.8) is 0 Å². The van der Waals surface area contributed by atoms with Crippen molar-refractivity contribution in [3.05, 3.63) is 35.4 Å². The molecule has 1 heterocycles. The predicted octanol–water partition coefficient (Wildman–Crippen LogP) is 2.37. The molecule has 0 spiro atoms. The van der Waals surface area contributed by atoms with Crippen LogP contribution in [0.15, 0.2) is 29.3 Å². The van der Waals surface area contributed by atoms with Gasteiger partial charge in [-0.15, -0.1) is 24.0 Å². The van der Waals surface area contributed by atoms with Gasteiger partial charge in [-0.05, 0) is 37.7 Å². The molecule has 9 heteroatoms. The standard InChI is InChI=1S/C20H34N4O3S.HI/c1-16-7-9-18(10-8-16)17(2)14-23-20(21-3)22-11-13-28(25,26)24-15-19-6-4-5-12-27-19;/h7-10,17,19,24H,4-6,11-15H2,1-3H3,(H2,21,22,23);1H. The molecule has 0 aliphatic carbocycles. The maximum absolute atomic E-state index is 12.2. The van der Waals surface area contributed by atoms with Crippen molar-refractivity contribution in [1.82, 2.24) is 15.4 Å². The summed E-state index contributed by atoms with van der Waals surface area (Å²) in [5.74, 6) is 0.915. The van der Waals surface area contributed by atoms with Crippen LogP contribution in [0.5, 0.6) is 0 Å². The van der Waals surface area contributed by atoms with Crippen LogP contribution in [0.4, 0.5) is 0 Å². The molecule has 1 aromatic carbocycles. The summed E-state index contributed by atoms with van der Waals surface area (Å²) >= 11 is 0. The monoisotopic (exact) mass is 538 g/mol. The zero-order chi connectivity index (χ0) is 20.4. The summed E-state index contributed by atoms with van der Waals surface area (Å²) in [6.45, 7) is 6.29. The summed E-state index contributed by atoms with van der Waals surface area (Å²) in [5.41, 5.74) is 2.50. The van der Waals surface area contributed by atoms with Crippen molar-refractivity contribution < 1.29 is 13.2 Å². The van der Waals surface area contributed by atoms with E-state index >= 15 is 0 Å². The second kappa shape index (κ2) is 13.4. The van der Waals surface area contributed by atoms with E-state index in [2.05, 4.69) is 58.5 Å². The van der Waals surface area contributed by atoms with E-state index in [-0.39, 0.29) is 35.8 Å². The van der Waals surface area contributed by atoms with Gasteiger partial charge >= 0.3 is 0 Å². The van der Waals surface area contributed by atoms with Gasteiger partial charge in [-0.25, -0.2) is 13.1 Å². The summed E-state index contributed by atoms with van der Waals surface area (Å²) in [4.78, 5) is 4.17. The highest BCUT2D eigenvalue weighted by molar-refractivity contribution is 14.0. The lowest BCUT2D eigenvalue weighted by Gasteiger charge is -2.22. The number of ether oxygens (including phenoxy) is 1. The smallest absolute Gasteiger partial charge is 0.213 e. The lowest BCUT2D eigenvalue weighted by Crippen LogP contribution is -2.43.